The molecule has 1 atom stereocenters. The molecule has 14 nitrogen and oxygen atoms in total. The fraction of sp³-hybridized carbons (Fsp3) is 0.444. The number of aromatic nitrogens is 4. The van der Waals surface area contributed by atoms with Crippen molar-refractivity contribution in [3.8, 4) is 0 Å². The van der Waals surface area contributed by atoms with Crippen LogP contribution in [0.3, 0.4) is 0 Å². The van der Waals surface area contributed by atoms with Crippen molar-refractivity contribution >= 4 is 62.2 Å². The van der Waals surface area contributed by atoms with Gasteiger partial charge in [0.1, 0.15) is 11.0 Å². The van der Waals surface area contributed by atoms with Crippen LogP contribution >= 0.6 is 33.0 Å². The molecule has 6 N–H and O–H groups in total. The molecule has 2 amide bonds. The highest BCUT2D eigenvalue weighted by molar-refractivity contribution is 6.92. The van der Waals surface area contributed by atoms with E-state index in [2.05, 4.69) is 19.9 Å². The fourth-order valence-corrected chi connectivity index (χ4v) is 2.89. The molecule has 0 spiro atoms. The van der Waals surface area contributed by atoms with E-state index in [1.165, 1.54) is 15.9 Å². The number of halogens is 2. The lowest BCUT2D eigenvalue weighted by Crippen LogP contribution is -2.29. The van der Waals surface area contributed by atoms with E-state index in [1.54, 1.807) is 23.9 Å². The zero-order valence-corrected chi connectivity index (χ0v) is 22.3. The van der Waals surface area contributed by atoms with Crippen molar-refractivity contribution in [2.45, 2.75) is 26.7 Å². The number of carbonyl (C=O) groups excluding carboxylic acids is 2. The highest BCUT2D eigenvalue weighted by Gasteiger charge is 2.25. The Kier molecular flexibility index (Phi) is 13.7. The van der Waals surface area contributed by atoms with E-state index in [1.807, 2.05) is 13.8 Å². The number of nitrogen functional groups attached to an aromatic ring is 2. The van der Waals surface area contributed by atoms with Gasteiger partial charge in [-0.15, -0.1) is 0 Å². The van der Waals surface area contributed by atoms with E-state index in [0.29, 0.717) is 13.1 Å². The van der Waals surface area contributed by atoms with E-state index >= 15 is 0 Å². The first-order valence-electron chi connectivity index (χ1n) is 10.7. The third-order valence-electron chi connectivity index (χ3n) is 3.96. The monoisotopic (exact) mass is 555 g/mol. The summed E-state index contributed by atoms with van der Waals surface area (Å²) in [5.74, 6) is -1.20. The van der Waals surface area contributed by atoms with Crippen LogP contribution in [-0.2, 0) is 0 Å². The zero-order chi connectivity index (χ0) is 29.3. The minimum atomic E-state index is -0.790. The quantitative estimate of drug-likeness (QED) is 0.217. The number of carbonyl (C=O) groups is 2. The molecule has 35 heavy (non-hydrogen) atoms. The Labute approximate surface area is 218 Å². The number of nitrogens with zero attached hydrogens (tertiary/aromatic N) is 7. The number of nitrogens with two attached hydrogens (primary N) is 2. The largest absolute Gasteiger partial charge is 0.412 e. The number of amides is 2. The number of anilines is 2. The Bertz CT molecular complexity index is 1000. The molecule has 17 heteroatoms. The normalized spacial score (nSPS) is 9.94. The molecule has 196 valence electrons. The van der Waals surface area contributed by atoms with Gasteiger partial charge in [0.2, 0.25) is 24.1 Å². The second-order valence-corrected chi connectivity index (χ2v) is 7.47. The molecular formula is C18H30Cl2N9O5P. The maximum Gasteiger partial charge on any atom is 0.348 e. The summed E-state index contributed by atoms with van der Waals surface area (Å²) < 4.78 is 10.4. The number of hydrogen-bond acceptors (Lipinski definition) is 10. The first-order valence-corrected chi connectivity index (χ1v) is 10.5. The molecule has 0 radical (unpaired) electrons. The van der Waals surface area contributed by atoms with Gasteiger partial charge < -0.3 is 26.7 Å². The highest BCUT2D eigenvalue weighted by atomic mass is 35.5. The highest BCUT2D eigenvalue weighted by Crippen LogP contribution is 2.27. The minimum absolute atomic E-state index is 0.0379. The molecular weight excluding hydrogens is 524 g/mol. The zero-order valence-electron chi connectivity index (χ0n) is 21.6. The van der Waals surface area contributed by atoms with Crippen molar-refractivity contribution < 1.29 is 21.4 Å². The SMILES string of the molecule is CCCN(C)C(=O)c1nc(N)c([N+](=O)[O-])c(Cl)n1.CCCN(C)C(=O)c1nc(N)cc(Cl)n1.[2H]O.[2H]P. The average Bonchev–Trinajstić information content (AvgIpc) is 2.85. The van der Waals surface area contributed by atoms with E-state index in [-0.39, 0.29) is 28.5 Å². The molecule has 0 saturated carbocycles. The molecule has 0 aromatic carbocycles. The molecule has 0 aliphatic carbocycles. The van der Waals surface area contributed by atoms with Gasteiger partial charge in [0.05, 0.1) is 6.20 Å². The summed E-state index contributed by atoms with van der Waals surface area (Å²) in [6, 6.07) is 1.40. The fourth-order valence-electron chi connectivity index (χ4n) is 2.45. The van der Waals surface area contributed by atoms with Gasteiger partial charge in [-0.05, 0) is 12.8 Å². The van der Waals surface area contributed by atoms with Gasteiger partial charge in [0, 0.05) is 33.3 Å². The Morgan fingerprint density at radius 3 is 1.89 bits per heavy atom. The molecule has 0 saturated heterocycles. The van der Waals surface area contributed by atoms with Crippen LogP contribution in [0.25, 0.3) is 0 Å². The predicted octanol–water partition coefficient (Wildman–Crippen LogP) is 1.53. The minimum Gasteiger partial charge on any atom is -0.412 e. The number of rotatable bonds is 7. The molecule has 0 fully saturated rings. The van der Waals surface area contributed by atoms with Crippen molar-refractivity contribution in [2.75, 3.05) is 38.7 Å². The Morgan fingerprint density at radius 1 is 1.06 bits per heavy atom. The lowest BCUT2D eigenvalue weighted by molar-refractivity contribution is -0.384. The van der Waals surface area contributed by atoms with Gasteiger partial charge in [-0.25, -0.2) is 15.0 Å². The summed E-state index contributed by atoms with van der Waals surface area (Å²) in [5.41, 5.74) is 16.5. The Hall–Kier alpha value is -2.93. The Morgan fingerprint density at radius 2 is 1.51 bits per heavy atom. The summed E-state index contributed by atoms with van der Waals surface area (Å²) in [4.78, 5) is 51.2. The van der Waals surface area contributed by atoms with Gasteiger partial charge in [-0.3, -0.25) is 19.7 Å². The van der Waals surface area contributed by atoms with Gasteiger partial charge in [0.15, 0.2) is 0 Å². The smallest absolute Gasteiger partial charge is 0.348 e. The predicted molar refractivity (Wildman–Crippen MR) is 139 cm³/mol. The molecule has 1 unspecified atom stereocenters. The van der Waals surface area contributed by atoms with Crippen LogP contribution in [0.2, 0.25) is 10.3 Å². The van der Waals surface area contributed by atoms with Crippen LogP contribution in [0.15, 0.2) is 6.07 Å². The lowest BCUT2D eigenvalue weighted by atomic mass is 10.4. The van der Waals surface area contributed by atoms with Crippen LogP contribution in [0.5, 0.6) is 0 Å². The molecule has 2 aromatic heterocycles. The summed E-state index contributed by atoms with van der Waals surface area (Å²) >= 11 is 11.3. The van der Waals surface area contributed by atoms with Crippen molar-refractivity contribution in [1.29, 1.82) is 1.28 Å². The second kappa shape index (κ2) is 15.9. The maximum absolute atomic E-state index is 11.8. The van der Waals surface area contributed by atoms with Gasteiger partial charge in [0.25, 0.3) is 11.8 Å². The topological polar surface area (TPSA) is 219 Å². The molecule has 0 bridgehead atoms. The summed E-state index contributed by atoms with van der Waals surface area (Å²) in [6.07, 6.45) is 1.64. The Balaban J connectivity index is 0. The van der Waals surface area contributed by atoms with Crippen LogP contribution in [0.1, 0.15) is 49.4 Å². The van der Waals surface area contributed by atoms with Crippen LogP contribution < -0.4 is 11.5 Å². The third-order valence-corrected chi connectivity index (χ3v) is 4.42. The van der Waals surface area contributed by atoms with E-state index in [9.17, 15) is 19.7 Å². The molecule has 2 rings (SSSR count). The summed E-state index contributed by atoms with van der Waals surface area (Å²) in [5, 5.41) is 10.4. The first kappa shape index (κ1) is 30.1. The van der Waals surface area contributed by atoms with Crippen LogP contribution in [0.4, 0.5) is 17.3 Å². The number of hydrogen-bond donors (Lipinski definition) is 2. The van der Waals surface area contributed by atoms with Crippen molar-refractivity contribution in [1.82, 2.24) is 29.7 Å². The molecule has 0 aliphatic rings. The van der Waals surface area contributed by atoms with Crippen molar-refractivity contribution in [3.05, 3.63) is 38.1 Å². The number of nitro groups is 1. The maximum atomic E-state index is 11.8. The lowest BCUT2D eigenvalue weighted by Gasteiger charge is -2.14. The van der Waals surface area contributed by atoms with E-state index < -0.39 is 27.5 Å². The first-order chi connectivity index (χ1) is 17.4. The third kappa shape index (κ3) is 10.1. The van der Waals surface area contributed by atoms with Gasteiger partial charge >= 0.3 is 5.69 Å². The van der Waals surface area contributed by atoms with Gasteiger partial charge in [-0.1, -0.05) is 37.0 Å². The van der Waals surface area contributed by atoms with E-state index in [0.717, 1.165) is 12.8 Å². The summed E-state index contributed by atoms with van der Waals surface area (Å²) in [7, 11) is 4.92. The molecule has 0 aliphatic heterocycles. The van der Waals surface area contributed by atoms with Crippen LogP contribution in [-0.4, -0.2) is 80.4 Å². The van der Waals surface area contributed by atoms with Gasteiger partial charge in [-0.2, -0.15) is 14.8 Å². The standard InChI is InChI=1S/C9H12ClN5O3.C9H13ClN4O.H2O.H3P/c1-3-4-14(2)9(16)8-12-6(10)5(15(17)18)7(11)13-8;1-3-4-14(2)9(15)8-12-6(10)5-7(11)13-8;;/h3-4H2,1-2H3,(H2,11,12,13);5H,3-4H2,1-2H3,(H2,11,12,13);1H2;1H3/i;;;1D/hD. The summed E-state index contributed by atoms with van der Waals surface area (Å²) in [6.45, 7) is 5.05. The molecule has 2 aromatic rings. The van der Waals surface area contributed by atoms with E-state index in [4.69, 9.17) is 42.9 Å². The second-order valence-electron chi connectivity index (χ2n) is 6.72. The van der Waals surface area contributed by atoms with Crippen LogP contribution in [0, 0.1) is 10.1 Å². The molecule has 2 heterocycles. The van der Waals surface area contributed by atoms with Crippen molar-refractivity contribution in [3.63, 3.8) is 0 Å². The van der Waals surface area contributed by atoms with Crippen molar-refractivity contribution in [2.24, 2.45) is 0 Å². The average molecular weight is 556 g/mol.